The molecular formula is C16H19FN4O2S. The second-order valence-corrected chi connectivity index (χ2v) is 6.45. The van der Waals surface area contributed by atoms with Crippen LogP contribution in [0.5, 0.6) is 0 Å². The number of carbonyl (C=O) groups excluding carboxylic acids is 2. The van der Waals surface area contributed by atoms with Crippen LogP contribution < -0.4 is 10.6 Å². The van der Waals surface area contributed by atoms with Crippen LogP contribution in [0.4, 0.5) is 4.39 Å². The lowest BCUT2D eigenvalue weighted by atomic mass is 9.83. The summed E-state index contributed by atoms with van der Waals surface area (Å²) in [6, 6.07) is 2.20. The van der Waals surface area contributed by atoms with Crippen molar-refractivity contribution in [1.82, 2.24) is 20.6 Å². The molecule has 0 saturated heterocycles. The van der Waals surface area contributed by atoms with E-state index in [0.29, 0.717) is 15.8 Å². The number of benzene rings is 1. The van der Waals surface area contributed by atoms with Gasteiger partial charge < -0.3 is 20.6 Å². The van der Waals surface area contributed by atoms with Crippen LogP contribution in [0.2, 0.25) is 0 Å². The lowest BCUT2D eigenvalue weighted by Gasteiger charge is -2.30. The highest BCUT2D eigenvalue weighted by Gasteiger charge is 2.32. The minimum atomic E-state index is -0.524. The van der Waals surface area contributed by atoms with Gasteiger partial charge in [0.2, 0.25) is 5.91 Å². The molecule has 1 saturated carbocycles. The Bertz CT molecular complexity index is 844. The first-order valence-corrected chi connectivity index (χ1v) is 8.34. The maximum atomic E-state index is 13.8. The van der Waals surface area contributed by atoms with Crippen molar-refractivity contribution >= 4 is 35.1 Å². The summed E-state index contributed by atoms with van der Waals surface area (Å²) >= 11 is 5.01. The Morgan fingerprint density at radius 2 is 2.00 bits per heavy atom. The first kappa shape index (κ1) is 16.6. The molecule has 3 rings (SSSR count). The molecule has 1 aromatic heterocycles. The molecule has 1 heterocycles. The molecular weight excluding hydrogens is 331 g/mol. The van der Waals surface area contributed by atoms with Gasteiger partial charge in [-0.3, -0.25) is 9.59 Å². The van der Waals surface area contributed by atoms with Crippen molar-refractivity contribution in [2.75, 3.05) is 7.05 Å². The van der Waals surface area contributed by atoms with Gasteiger partial charge in [0.15, 0.2) is 4.77 Å². The smallest absolute Gasteiger partial charge is 0.253 e. The van der Waals surface area contributed by atoms with Gasteiger partial charge in [-0.15, -0.1) is 0 Å². The molecule has 24 heavy (non-hydrogen) atoms. The SMILES string of the molecule is CNC(=O)[C@@H]1CCCC[C@@H]1NC(=O)c1cc(F)cc2[nH]c(=S)[nH]c12. The third-order valence-corrected chi connectivity index (χ3v) is 4.70. The number of halogens is 1. The van der Waals surface area contributed by atoms with Crippen molar-refractivity contribution in [2.24, 2.45) is 5.92 Å². The number of H-pyrrole nitrogens is 2. The lowest BCUT2D eigenvalue weighted by Crippen LogP contribution is -2.47. The molecule has 0 spiro atoms. The van der Waals surface area contributed by atoms with Gasteiger partial charge in [-0.05, 0) is 37.2 Å². The van der Waals surface area contributed by atoms with E-state index < -0.39 is 11.7 Å². The van der Waals surface area contributed by atoms with E-state index in [-0.39, 0.29) is 23.4 Å². The number of aromatic amines is 2. The summed E-state index contributed by atoms with van der Waals surface area (Å²) in [6.45, 7) is 0. The van der Waals surface area contributed by atoms with Crippen molar-refractivity contribution in [3.8, 4) is 0 Å². The summed E-state index contributed by atoms with van der Waals surface area (Å²) in [5.74, 6) is -1.28. The topological polar surface area (TPSA) is 89.8 Å². The Morgan fingerprint density at radius 3 is 2.75 bits per heavy atom. The van der Waals surface area contributed by atoms with Crippen LogP contribution in [-0.2, 0) is 4.79 Å². The molecule has 6 nitrogen and oxygen atoms in total. The maximum absolute atomic E-state index is 13.8. The van der Waals surface area contributed by atoms with E-state index in [1.165, 1.54) is 12.1 Å². The third kappa shape index (κ3) is 3.19. The highest BCUT2D eigenvalue weighted by atomic mass is 32.1. The van der Waals surface area contributed by atoms with Gasteiger partial charge in [-0.2, -0.15) is 0 Å². The molecule has 2 aromatic rings. The highest BCUT2D eigenvalue weighted by molar-refractivity contribution is 7.71. The van der Waals surface area contributed by atoms with Crippen molar-refractivity contribution < 1.29 is 14.0 Å². The van der Waals surface area contributed by atoms with E-state index >= 15 is 0 Å². The molecule has 1 aliphatic rings. The van der Waals surface area contributed by atoms with Crippen molar-refractivity contribution in [3.63, 3.8) is 0 Å². The summed E-state index contributed by atoms with van der Waals surface area (Å²) < 4.78 is 14.1. The van der Waals surface area contributed by atoms with Gasteiger partial charge in [0.1, 0.15) is 5.82 Å². The predicted octanol–water partition coefficient (Wildman–Crippen LogP) is 2.40. The number of nitrogens with one attached hydrogen (secondary N) is 4. The normalized spacial score (nSPS) is 20.8. The zero-order valence-corrected chi connectivity index (χ0v) is 14.1. The van der Waals surface area contributed by atoms with E-state index in [4.69, 9.17) is 12.2 Å². The van der Waals surface area contributed by atoms with Gasteiger partial charge in [0, 0.05) is 13.1 Å². The summed E-state index contributed by atoms with van der Waals surface area (Å²) in [6.07, 6.45) is 3.37. The predicted molar refractivity (Wildman–Crippen MR) is 90.7 cm³/mol. The van der Waals surface area contributed by atoms with Crippen LogP contribution in [0.25, 0.3) is 11.0 Å². The minimum Gasteiger partial charge on any atom is -0.359 e. The number of amides is 2. The average molecular weight is 350 g/mol. The first-order chi connectivity index (χ1) is 11.5. The largest absolute Gasteiger partial charge is 0.359 e. The van der Waals surface area contributed by atoms with E-state index in [9.17, 15) is 14.0 Å². The Labute approximate surface area is 143 Å². The molecule has 2 amide bonds. The third-order valence-electron chi connectivity index (χ3n) is 4.50. The van der Waals surface area contributed by atoms with E-state index in [1.807, 2.05) is 0 Å². The number of aromatic nitrogens is 2. The molecule has 0 radical (unpaired) electrons. The van der Waals surface area contributed by atoms with Gasteiger partial charge in [-0.25, -0.2) is 4.39 Å². The van der Waals surface area contributed by atoms with E-state index in [1.54, 1.807) is 7.05 Å². The zero-order chi connectivity index (χ0) is 17.3. The number of imidazole rings is 1. The minimum absolute atomic E-state index is 0.0783. The number of carbonyl (C=O) groups is 2. The Kier molecular flexibility index (Phi) is 4.66. The molecule has 0 aliphatic heterocycles. The second kappa shape index (κ2) is 6.72. The fraction of sp³-hybridized carbons (Fsp3) is 0.438. The van der Waals surface area contributed by atoms with Crippen LogP contribution in [0.3, 0.4) is 0 Å². The van der Waals surface area contributed by atoms with Crippen LogP contribution in [0, 0.1) is 16.5 Å². The fourth-order valence-corrected chi connectivity index (χ4v) is 3.55. The van der Waals surface area contributed by atoms with Crippen molar-refractivity contribution in [1.29, 1.82) is 0 Å². The van der Waals surface area contributed by atoms with Crippen LogP contribution in [0.1, 0.15) is 36.0 Å². The van der Waals surface area contributed by atoms with Crippen molar-refractivity contribution in [2.45, 2.75) is 31.7 Å². The molecule has 0 unspecified atom stereocenters. The zero-order valence-electron chi connectivity index (χ0n) is 13.2. The van der Waals surface area contributed by atoms with Gasteiger partial charge in [0.05, 0.1) is 22.5 Å². The van der Waals surface area contributed by atoms with Crippen LogP contribution in [-0.4, -0.2) is 34.9 Å². The molecule has 128 valence electrons. The van der Waals surface area contributed by atoms with Crippen LogP contribution in [0.15, 0.2) is 12.1 Å². The van der Waals surface area contributed by atoms with Gasteiger partial charge >= 0.3 is 0 Å². The average Bonchev–Trinajstić information content (AvgIpc) is 2.93. The summed E-state index contributed by atoms with van der Waals surface area (Å²) in [7, 11) is 1.59. The molecule has 4 N–H and O–H groups in total. The molecule has 0 bridgehead atoms. The number of hydrogen-bond donors (Lipinski definition) is 4. The second-order valence-electron chi connectivity index (χ2n) is 6.04. The van der Waals surface area contributed by atoms with Crippen molar-refractivity contribution in [3.05, 3.63) is 28.3 Å². The standard InChI is InChI=1S/C16H19FN4O2S/c1-18-14(22)9-4-2-3-5-11(9)19-15(23)10-6-8(17)7-12-13(10)21-16(24)20-12/h6-7,9,11H,2-5H2,1H3,(H,18,22)(H,19,23)(H2,20,21,24)/t9-,11+/m1/s1. The summed E-state index contributed by atoms with van der Waals surface area (Å²) in [4.78, 5) is 30.4. The molecule has 1 aliphatic carbocycles. The first-order valence-electron chi connectivity index (χ1n) is 7.93. The Balaban J connectivity index is 1.89. The number of rotatable bonds is 3. The summed E-state index contributed by atoms with van der Waals surface area (Å²) in [5, 5.41) is 5.54. The molecule has 1 fully saturated rings. The fourth-order valence-electron chi connectivity index (χ4n) is 3.34. The van der Waals surface area contributed by atoms with Gasteiger partial charge in [0.25, 0.3) is 5.91 Å². The summed E-state index contributed by atoms with van der Waals surface area (Å²) in [5.41, 5.74) is 1.08. The quantitative estimate of drug-likeness (QED) is 0.641. The molecule has 1 aromatic carbocycles. The number of hydrogen-bond acceptors (Lipinski definition) is 3. The maximum Gasteiger partial charge on any atom is 0.253 e. The van der Waals surface area contributed by atoms with Gasteiger partial charge in [-0.1, -0.05) is 12.8 Å². The lowest BCUT2D eigenvalue weighted by molar-refractivity contribution is -0.126. The Morgan fingerprint density at radius 1 is 1.25 bits per heavy atom. The molecule has 8 heteroatoms. The molecule has 2 atom stereocenters. The highest BCUT2D eigenvalue weighted by Crippen LogP contribution is 2.26. The Hall–Kier alpha value is -2.22. The van der Waals surface area contributed by atoms with E-state index in [2.05, 4.69) is 20.6 Å². The van der Waals surface area contributed by atoms with Crippen LogP contribution >= 0.6 is 12.2 Å². The van der Waals surface area contributed by atoms with E-state index in [0.717, 1.165) is 25.7 Å². The number of fused-ring (bicyclic) bond motifs is 1. The monoisotopic (exact) mass is 350 g/mol.